The Morgan fingerprint density at radius 2 is 2.30 bits per heavy atom. The number of nitrogens with one attached hydrogen (secondary N) is 2. The molecule has 0 spiro atoms. The highest BCUT2D eigenvalue weighted by atomic mass is 16.5. The number of carbonyl (C=O) groups excluding carboxylic acids is 1. The topological polar surface area (TPSA) is 68.2 Å². The third-order valence-electron chi connectivity index (χ3n) is 4.35. The van der Waals surface area contributed by atoms with E-state index in [2.05, 4.69) is 28.2 Å². The molecule has 1 aliphatic rings. The fourth-order valence-electron chi connectivity index (χ4n) is 3.15. The van der Waals surface area contributed by atoms with Crippen LogP contribution in [0.2, 0.25) is 0 Å². The Bertz CT molecular complexity index is 697. The molecule has 0 bridgehead atoms. The first kappa shape index (κ1) is 16.0. The Hall–Kier alpha value is -1.92. The Morgan fingerprint density at radius 3 is 3.04 bits per heavy atom. The van der Waals surface area contributed by atoms with Crippen LogP contribution in [0.1, 0.15) is 32.6 Å². The fourth-order valence-corrected chi connectivity index (χ4v) is 3.15. The Balaban J connectivity index is 1.80. The summed E-state index contributed by atoms with van der Waals surface area (Å²) in [7, 11) is 0. The summed E-state index contributed by atoms with van der Waals surface area (Å²) in [6.45, 7) is 8.14. The van der Waals surface area contributed by atoms with Crippen LogP contribution in [-0.4, -0.2) is 40.8 Å². The van der Waals surface area contributed by atoms with E-state index >= 15 is 0 Å². The molecule has 6 nitrogen and oxygen atoms in total. The van der Waals surface area contributed by atoms with Crippen LogP contribution in [-0.2, 0) is 16.1 Å². The maximum absolute atomic E-state index is 12.5. The molecule has 0 radical (unpaired) electrons. The number of para-hydroxylation sites is 2. The second-order valence-corrected chi connectivity index (χ2v) is 5.94. The number of imidazole rings is 1. The van der Waals surface area contributed by atoms with Gasteiger partial charge < -0.3 is 19.9 Å². The second kappa shape index (κ2) is 6.68. The van der Waals surface area contributed by atoms with Crippen molar-refractivity contribution in [3.05, 3.63) is 30.1 Å². The number of fused-ring (bicyclic) bond motifs is 1. The lowest BCUT2D eigenvalue weighted by molar-refractivity contribution is -0.129. The number of hydrogen-bond acceptors (Lipinski definition) is 4. The normalized spacial score (nSPS) is 22.9. The van der Waals surface area contributed by atoms with Crippen LogP contribution in [0.4, 0.5) is 0 Å². The highest BCUT2D eigenvalue weighted by Crippen LogP contribution is 2.21. The average Bonchev–Trinajstić information content (AvgIpc) is 2.93. The first-order valence-corrected chi connectivity index (χ1v) is 8.22. The Morgan fingerprint density at radius 1 is 1.52 bits per heavy atom. The van der Waals surface area contributed by atoms with E-state index in [1.165, 1.54) is 0 Å². The van der Waals surface area contributed by atoms with Gasteiger partial charge in [-0.05, 0) is 32.9 Å². The highest BCUT2D eigenvalue weighted by molar-refractivity contribution is 5.83. The zero-order valence-corrected chi connectivity index (χ0v) is 13.9. The van der Waals surface area contributed by atoms with Gasteiger partial charge in [0.05, 0.1) is 29.8 Å². The number of nitrogens with zero attached hydrogens (tertiary/aromatic N) is 2. The predicted octanol–water partition coefficient (Wildman–Crippen LogP) is 1.61. The van der Waals surface area contributed by atoms with E-state index in [9.17, 15) is 4.79 Å². The van der Waals surface area contributed by atoms with Gasteiger partial charge in [0.2, 0.25) is 5.91 Å². The largest absolute Gasteiger partial charge is 0.375 e. The van der Waals surface area contributed by atoms with Crippen molar-refractivity contribution in [1.82, 2.24) is 20.2 Å². The molecule has 2 heterocycles. The number of morpholine rings is 1. The van der Waals surface area contributed by atoms with Gasteiger partial charge in [0.15, 0.2) is 0 Å². The lowest BCUT2D eigenvalue weighted by Gasteiger charge is -2.30. The minimum atomic E-state index is -0.314. The van der Waals surface area contributed by atoms with Gasteiger partial charge in [0.25, 0.3) is 0 Å². The van der Waals surface area contributed by atoms with Gasteiger partial charge in [0, 0.05) is 13.1 Å². The zero-order chi connectivity index (χ0) is 16.4. The summed E-state index contributed by atoms with van der Waals surface area (Å²) in [6, 6.07) is 7.57. The van der Waals surface area contributed by atoms with Gasteiger partial charge in [-0.15, -0.1) is 0 Å². The summed E-state index contributed by atoms with van der Waals surface area (Å²) in [6.07, 6.45) is -0.124. The van der Waals surface area contributed by atoms with Crippen molar-refractivity contribution in [2.24, 2.45) is 0 Å². The van der Waals surface area contributed by atoms with Crippen molar-refractivity contribution in [3.63, 3.8) is 0 Å². The van der Waals surface area contributed by atoms with E-state index in [4.69, 9.17) is 9.72 Å². The van der Waals surface area contributed by atoms with Crippen molar-refractivity contribution in [2.75, 3.05) is 13.2 Å². The lowest BCUT2D eigenvalue weighted by Crippen LogP contribution is -2.55. The van der Waals surface area contributed by atoms with Crippen LogP contribution < -0.4 is 10.6 Å². The molecule has 1 saturated heterocycles. The summed E-state index contributed by atoms with van der Waals surface area (Å²) in [5.74, 6) is 0.839. The van der Waals surface area contributed by atoms with Gasteiger partial charge >= 0.3 is 0 Å². The molecule has 1 fully saturated rings. The molecule has 6 heteroatoms. The Labute approximate surface area is 136 Å². The van der Waals surface area contributed by atoms with E-state index < -0.39 is 0 Å². The molecule has 3 atom stereocenters. The smallest absolute Gasteiger partial charge is 0.240 e. The minimum Gasteiger partial charge on any atom is -0.375 e. The summed E-state index contributed by atoms with van der Waals surface area (Å²) in [4.78, 5) is 17.2. The molecule has 1 unspecified atom stereocenters. The van der Waals surface area contributed by atoms with Gasteiger partial charge in [0.1, 0.15) is 11.9 Å². The molecule has 3 rings (SSSR count). The van der Waals surface area contributed by atoms with Crippen LogP contribution >= 0.6 is 0 Å². The van der Waals surface area contributed by atoms with Crippen molar-refractivity contribution in [1.29, 1.82) is 0 Å². The standard InChI is InChI=1S/C17H24N4O2/c1-4-21-14-8-6-5-7-13(14)20-16(21)11(2)19-17(22)15-12(3)23-10-9-18-15/h5-8,11-12,15,18H,4,9-10H2,1-3H3,(H,19,22)/t11?,12-,15+/m1/s1. The van der Waals surface area contributed by atoms with Crippen LogP contribution in [0.25, 0.3) is 11.0 Å². The molecule has 2 N–H and O–H groups in total. The molecule has 23 heavy (non-hydrogen) atoms. The molecule has 1 aliphatic heterocycles. The number of hydrogen-bond donors (Lipinski definition) is 2. The van der Waals surface area contributed by atoms with Gasteiger partial charge in [-0.25, -0.2) is 4.98 Å². The summed E-state index contributed by atoms with van der Waals surface area (Å²) in [5.41, 5.74) is 2.05. The van der Waals surface area contributed by atoms with E-state index in [1.54, 1.807) is 0 Å². The molecular weight excluding hydrogens is 292 g/mol. The number of aromatic nitrogens is 2. The second-order valence-electron chi connectivity index (χ2n) is 5.94. The van der Waals surface area contributed by atoms with Gasteiger partial charge in [-0.2, -0.15) is 0 Å². The van der Waals surface area contributed by atoms with Gasteiger partial charge in [-0.3, -0.25) is 4.79 Å². The van der Waals surface area contributed by atoms with Crippen LogP contribution in [0.5, 0.6) is 0 Å². The van der Waals surface area contributed by atoms with Crippen LogP contribution in [0, 0.1) is 0 Å². The SMILES string of the molecule is CCn1c(C(C)NC(=O)[C@H]2NCCO[C@@H]2C)nc2ccccc21. The van der Waals surface area contributed by atoms with Crippen molar-refractivity contribution < 1.29 is 9.53 Å². The molecule has 124 valence electrons. The van der Waals surface area contributed by atoms with Crippen molar-refractivity contribution >= 4 is 16.9 Å². The van der Waals surface area contributed by atoms with Crippen LogP contribution in [0.15, 0.2) is 24.3 Å². The first-order valence-electron chi connectivity index (χ1n) is 8.22. The average molecular weight is 316 g/mol. The fraction of sp³-hybridized carbons (Fsp3) is 0.529. The quantitative estimate of drug-likeness (QED) is 0.899. The third-order valence-corrected chi connectivity index (χ3v) is 4.35. The number of amides is 1. The molecule has 0 saturated carbocycles. The van der Waals surface area contributed by atoms with E-state index in [0.717, 1.165) is 23.4 Å². The lowest BCUT2D eigenvalue weighted by atomic mass is 10.1. The molecule has 2 aromatic rings. The minimum absolute atomic E-state index is 0.0422. The van der Waals surface area contributed by atoms with E-state index in [0.29, 0.717) is 13.2 Å². The summed E-state index contributed by atoms with van der Waals surface area (Å²) >= 11 is 0. The number of ether oxygens (including phenoxy) is 1. The van der Waals surface area contributed by atoms with E-state index in [-0.39, 0.29) is 24.1 Å². The molecular formula is C17H24N4O2. The number of rotatable bonds is 4. The maximum atomic E-state index is 12.5. The summed E-state index contributed by atoms with van der Waals surface area (Å²) in [5, 5.41) is 6.28. The Kier molecular flexibility index (Phi) is 4.63. The number of carbonyl (C=O) groups is 1. The van der Waals surface area contributed by atoms with Crippen molar-refractivity contribution in [3.8, 4) is 0 Å². The maximum Gasteiger partial charge on any atom is 0.240 e. The van der Waals surface area contributed by atoms with Crippen LogP contribution in [0.3, 0.4) is 0 Å². The zero-order valence-electron chi connectivity index (χ0n) is 13.9. The monoisotopic (exact) mass is 316 g/mol. The molecule has 1 aromatic carbocycles. The number of benzene rings is 1. The predicted molar refractivity (Wildman–Crippen MR) is 89.2 cm³/mol. The number of aryl methyl sites for hydroxylation is 1. The molecule has 0 aliphatic carbocycles. The van der Waals surface area contributed by atoms with Crippen molar-refractivity contribution in [2.45, 2.75) is 45.5 Å². The van der Waals surface area contributed by atoms with Gasteiger partial charge in [-0.1, -0.05) is 12.1 Å². The third kappa shape index (κ3) is 3.09. The molecule has 1 aromatic heterocycles. The highest BCUT2D eigenvalue weighted by Gasteiger charge is 2.30. The first-order chi connectivity index (χ1) is 11.1. The molecule has 1 amide bonds. The summed E-state index contributed by atoms with van der Waals surface area (Å²) < 4.78 is 7.69. The van der Waals surface area contributed by atoms with E-state index in [1.807, 2.05) is 32.0 Å².